The first-order valence-electron chi connectivity index (χ1n) is 9.56. The smallest absolute Gasteiger partial charge is 0.324 e. The highest BCUT2D eigenvalue weighted by Gasteiger charge is 2.52. The van der Waals surface area contributed by atoms with E-state index in [0.29, 0.717) is 0 Å². The molecule has 0 aliphatic carbocycles. The average molecular weight is 408 g/mol. The quantitative estimate of drug-likeness (QED) is 0.651. The summed E-state index contributed by atoms with van der Waals surface area (Å²) in [6.45, 7) is 1.50. The van der Waals surface area contributed by atoms with Crippen molar-refractivity contribution in [2.24, 2.45) is 0 Å². The molecule has 3 rings (SSSR count). The maximum Gasteiger partial charge on any atom is 0.324 e. The van der Waals surface area contributed by atoms with Gasteiger partial charge in [0, 0.05) is 0 Å². The average Bonchev–Trinajstić information content (AvgIpc) is 2.71. The van der Waals surface area contributed by atoms with Crippen LogP contribution in [0.1, 0.15) is 22.7 Å². The van der Waals surface area contributed by atoms with Crippen molar-refractivity contribution < 1.29 is 24.6 Å². The SMILES string of the molecule is Cc1ccc([C@@H]2[C@H](N(C)C(/C=C/c3ccccc3)C(=O)O)C(=O)N2CC(=O)O)cc1. The molecule has 1 aliphatic heterocycles. The number of rotatable bonds is 8. The molecule has 1 unspecified atom stereocenters. The molecule has 7 nitrogen and oxygen atoms in total. The monoisotopic (exact) mass is 408 g/mol. The molecule has 2 N–H and O–H groups in total. The van der Waals surface area contributed by atoms with E-state index in [9.17, 15) is 24.6 Å². The van der Waals surface area contributed by atoms with Crippen LogP contribution < -0.4 is 0 Å². The van der Waals surface area contributed by atoms with E-state index in [1.807, 2.05) is 61.5 Å². The van der Waals surface area contributed by atoms with E-state index in [0.717, 1.165) is 16.7 Å². The van der Waals surface area contributed by atoms with Crippen molar-refractivity contribution in [2.75, 3.05) is 13.6 Å². The largest absolute Gasteiger partial charge is 0.480 e. The highest BCUT2D eigenvalue weighted by Crippen LogP contribution is 2.38. The van der Waals surface area contributed by atoms with Crippen molar-refractivity contribution in [3.05, 3.63) is 77.4 Å². The summed E-state index contributed by atoms with van der Waals surface area (Å²) >= 11 is 0. The molecule has 1 amide bonds. The number of carboxylic acids is 2. The first kappa shape index (κ1) is 21.3. The summed E-state index contributed by atoms with van der Waals surface area (Å²) in [5.41, 5.74) is 2.66. The summed E-state index contributed by atoms with van der Waals surface area (Å²) in [5.74, 6) is -2.60. The van der Waals surface area contributed by atoms with E-state index < -0.39 is 42.5 Å². The Morgan fingerprint density at radius 3 is 2.30 bits per heavy atom. The molecule has 2 aromatic carbocycles. The van der Waals surface area contributed by atoms with Crippen LogP contribution in [0, 0.1) is 6.92 Å². The highest BCUT2D eigenvalue weighted by atomic mass is 16.4. The van der Waals surface area contributed by atoms with Gasteiger partial charge in [-0.2, -0.15) is 0 Å². The minimum Gasteiger partial charge on any atom is -0.480 e. The van der Waals surface area contributed by atoms with E-state index in [1.165, 1.54) is 15.9 Å². The van der Waals surface area contributed by atoms with Crippen molar-refractivity contribution in [3.8, 4) is 0 Å². The molecule has 30 heavy (non-hydrogen) atoms. The van der Waals surface area contributed by atoms with E-state index >= 15 is 0 Å². The Morgan fingerprint density at radius 2 is 1.73 bits per heavy atom. The molecule has 156 valence electrons. The van der Waals surface area contributed by atoms with Crippen LogP contribution in [0.5, 0.6) is 0 Å². The van der Waals surface area contributed by atoms with Crippen LogP contribution in [-0.2, 0) is 14.4 Å². The first-order chi connectivity index (χ1) is 14.3. The number of hydrogen-bond acceptors (Lipinski definition) is 4. The number of likely N-dealkylation sites (tertiary alicyclic amines) is 1. The van der Waals surface area contributed by atoms with Gasteiger partial charge in [0.15, 0.2) is 0 Å². The van der Waals surface area contributed by atoms with E-state index in [1.54, 1.807) is 13.1 Å². The molecule has 0 saturated carbocycles. The van der Waals surface area contributed by atoms with Crippen molar-refractivity contribution in [3.63, 3.8) is 0 Å². The number of β-lactam (4-membered cyclic amide) rings is 1. The number of aryl methyl sites for hydroxylation is 1. The van der Waals surface area contributed by atoms with Crippen LogP contribution in [0.25, 0.3) is 6.08 Å². The number of likely N-dealkylation sites (N-methyl/N-ethyl adjacent to an activating group) is 1. The number of amides is 1. The molecule has 0 aromatic heterocycles. The zero-order chi connectivity index (χ0) is 21.8. The Hall–Kier alpha value is -3.45. The summed E-state index contributed by atoms with van der Waals surface area (Å²) in [6.07, 6.45) is 3.24. The fourth-order valence-electron chi connectivity index (χ4n) is 3.71. The Balaban J connectivity index is 1.90. The van der Waals surface area contributed by atoms with Crippen molar-refractivity contribution in [1.82, 2.24) is 9.80 Å². The summed E-state index contributed by atoms with van der Waals surface area (Å²) in [6, 6.07) is 14.4. The van der Waals surface area contributed by atoms with E-state index in [4.69, 9.17) is 0 Å². The second kappa shape index (κ2) is 8.92. The van der Waals surface area contributed by atoms with Crippen LogP contribution in [0.15, 0.2) is 60.7 Å². The molecule has 1 fully saturated rings. The molecule has 0 spiro atoms. The van der Waals surface area contributed by atoms with Gasteiger partial charge >= 0.3 is 11.9 Å². The second-order valence-corrected chi connectivity index (χ2v) is 7.38. The zero-order valence-electron chi connectivity index (χ0n) is 16.8. The number of hydrogen-bond donors (Lipinski definition) is 2. The summed E-state index contributed by atoms with van der Waals surface area (Å²) in [4.78, 5) is 38.8. The minimum atomic E-state index is -1.11. The van der Waals surface area contributed by atoms with Gasteiger partial charge in [-0.15, -0.1) is 0 Å². The standard InChI is InChI=1S/C23H24N2O5/c1-15-8-11-17(12-9-15)20-21(22(28)25(20)14-19(26)27)24(2)18(23(29)30)13-10-16-6-4-3-5-7-16/h3-13,18,20-21H,14H2,1-2H3,(H,26,27)(H,29,30)/b13-10+/t18?,20-,21+/m1/s1. The lowest BCUT2D eigenvalue weighted by Gasteiger charge is -2.51. The Morgan fingerprint density at radius 1 is 1.10 bits per heavy atom. The van der Waals surface area contributed by atoms with Gasteiger partial charge < -0.3 is 15.1 Å². The molecule has 0 radical (unpaired) electrons. The van der Waals surface area contributed by atoms with Gasteiger partial charge in [-0.25, -0.2) is 0 Å². The van der Waals surface area contributed by atoms with Gasteiger partial charge in [0.2, 0.25) is 5.91 Å². The molecule has 0 bridgehead atoms. The van der Waals surface area contributed by atoms with Crippen LogP contribution in [0.4, 0.5) is 0 Å². The molecular formula is C23H24N2O5. The third-order valence-corrected chi connectivity index (χ3v) is 5.30. The van der Waals surface area contributed by atoms with Crippen LogP contribution in [0.2, 0.25) is 0 Å². The molecule has 1 saturated heterocycles. The van der Waals surface area contributed by atoms with Crippen molar-refractivity contribution in [1.29, 1.82) is 0 Å². The minimum absolute atomic E-state index is 0.398. The van der Waals surface area contributed by atoms with Crippen LogP contribution in [-0.4, -0.2) is 63.5 Å². The topological polar surface area (TPSA) is 98.2 Å². The van der Waals surface area contributed by atoms with Gasteiger partial charge in [-0.1, -0.05) is 72.3 Å². The maximum absolute atomic E-state index is 12.8. The Bertz CT molecular complexity index is 955. The van der Waals surface area contributed by atoms with E-state index in [-0.39, 0.29) is 0 Å². The zero-order valence-corrected chi connectivity index (χ0v) is 16.8. The Labute approximate surface area is 174 Å². The number of benzene rings is 2. The normalized spacial score (nSPS) is 19.7. The summed E-state index contributed by atoms with van der Waals surface area (Å²) in [5, 5.41) is 19.0. The van der Waals surface area contributed by atoms with Gasteiger partial charge in [-0.3, -0.25) is 19.3 Å². The third-order valence-electron chi connectivity index (χ3n) is 5.30. The predicted molar refractivity (Wildman–Crippen MR) is 112 cm³/mol. The lowest BCUT2D eigenvalue weighted by molar-refractivity contribution is -0.168. The third kappa shape index (κ3) is 4.41. The molecule has 2 aromatic rings. The van der Waals surface area contributed by atoms with Crippen molar-refractivity contribution >= 4 is 23.9 Å². The van der Waals surface area contributed by atoms with Gasteiger partial charge in [0.1, 0.15) is 18.6 Å². The lowest BCUT2D eigenvalue weighted by atomic mass is 9.86. The van der Waals surface area contributed by atoms with Gasteiger partial charge in [0.25, 0.3) is 0 Å². The maximum atomic E-state index is 12.8. The fraction of sp³-hybridized carbons (Fsp3) is 0.261. The molecular weight excluding hydrogens is 384 g/mol. The van der Waals surface area contributed by atoms with Gasteiger partial charge in [0.05, 0.1) is 6.04 Å². The number of carbonyl (C=O) groups is 3. The molecule has 1 heterocycles. The lowest BCUT2D eigenvalue weighted by Crippen LogP contribution is -2.67. The summed E-state index contributed by atoms with van der Waals surface area (Å²) < 4.78 is 0. The van der Waals surface area contributed by atoms with E-state index in [2.05, 4.69) is 0 Å². The predicted octanol–water partition coefficient (Wildman–Crippen LogP) is 2.43. The number of carboxylic acid groups (broad SMARTS) is 2. The van der Waals surface area contributed by atoms with Crippen LogP contribution >= 0.6 is 0 Å². The Kier molecular flexibility index (Phi) is 6.32. The number of aliphatic carboxylic acids is 2. The number of nitrogens with zero attached hydrogens (tertiary/aromatic N) is 2. The molecule has 7 heteroatoms. The molecule has 1 aliphatic rings. The first-order valence-corrected chi connectivity index (χ1v) is 9.56. The van der Waals surface area contributed by atoms with Crippen LogP contribution in [0.3, 0.4) is 0 Å². The molecule has 3 atom stereocenters. The fourth-order valence-corrected chi connectivity index (χ4v) is 3.71. The number of carbonyl (C=O) groups excluding carboxylic acids is 1. The highest BCUT2D eigenvalue weighted by molar-refractivity contribution is 5.93. The van der Waals surface area contributed by atoms with Gasteiger partial charge in [-0.05, 0) is 25.1 Å². The second-order valence-electron chi connectivity index (χ2n) is 7.38. The summed E-state index contributed by atoms with van der Waals surface area (Å²) in [7, 11) is 1.58. The van der Waals surface area contributed by atoms with Crippen molar-refractivity contribution in [2.45, 2.75) is 25.0 Å².